The minimum absolute atomic E-state index is 0.197. The third-order valence-electron chi connectivity index (χ3n) is 3.32. The number of imide groups is 1. The number of azide groups is 1. The zero-order valence-electron chi connectivity index (χ0n) is 10.9. The molecule has 0 bridgehead atoms. The van der Waals surface area contributed by atoms with E-state index in [0.29, 0.717) is 16.8 Å². The molecule has 1 aliphatic heterocycles. The molecule has 0 atom stereocenters. The number of carbonyl (C=O) groups excluding carboxylic acids is 2. The van der Waals surface area contributed by atoms with Crippen molar-refractivity contribution in [3.63, 3.8) is 0 Å². The average molecular weight is 278 g/mol. The van der Waals surface area contributed by atoms with Gasteiger partial charge in [0.1, 0.15) is 0 Å². The van der Waals surface area contributed by atoms with Gasteiger partial charge in [-0.25, -0.2) is 0 Å². The summed E-state index contributed by atoms with van der Waals surface area (Å²) in [6.07, 6.45) is 0. The van der Waals surface area contributed by atoms with Gasteiger partial charge >= 0.3 is 0 Å². The highest BCUT2D eigenvalue weighted by Crippen LogP contribution is 2.24. The second kappa shape index (κ2) is 5.11. The Morgan fingerprint density at radius 2 is 1.52 bits per heavy atom. The summed E-state index contributed by atoms with van der Waals surface area (Å²) >= 11 is 0. The molecule has 2 aromatic carbocycles. The van der Waals surface area contributed by atoms with Crippen LogP contribution < -0.4 is 0 Å². The lowest BCUT2D eigenvalue weighted by Gasteiger charge is -2.13. The SMILES string of the molecule is [N-]=[N+]=Nc1ccc(CN2C(=O)c3ccccc3C2=O)cc1. The maximum Gasteiger partial charge on any atom is 0.261 e. The Morgan fingerprint density at radius 3 is 2.05 bits per heavy atom. The molecule has 0 spiro atoms. The van der Waals surface area contributed by atoms with Gasteiger partial charge in [0.25, 0.3) is 11.8 Å². The molecule has 21 heavy (non-hydrogen) atoms. The van der Waals surface area contributed by atoms with E-state index in [9.17, 15) is 9.59 Å². The van der Waals surface area contributed by atoms with Crippen molar-refractivity contribution in [1.29, 1.82) is 0 Å². The van der Waals surface area contributed by atoms with E-state index in [0.717, 1.165) is 5.56 Å². The molecule has 0 unspecified atom stereocenters. The van der Waals surface area contributed by atoms with E-state index in [1.165, 1.54) is 4.90 Å². The predicted octanol–water partition coefficient (Wildman–Crippen LogP) is 3.42. The molecule has 1 heterocycles. The van der Waals surface area contributed by atoms with Crippen molar-refractivity contribution in [3.8, 4) is 0 Å². The van der Waals surface area contributed by atoms with Gasteiger partial charge in [-0.15, -0.1) is 0 Å². The van der Waals surface area contributed by atoms with Gasteiger partial charge in [-0.1, -0.05) is 41.5 Å². The molecule has 2 amide bonds. The molecular formula is C15H10N4O2. The molecule has 0 radical (unpaired) electrons. The molecule has 102 valence electrons. The van der Waals surface area contributed by atoms with Gasteiger partial charge < -0.3 is 0 Å². The van der Waals surface area contributed by atoms with Crippen molar-refractivity contribution in [1.82, 2.24) is 4.90 Å². The summed E-state index contributed by atoms with van der Waals surface area (Å²) in [5.41, 5.74) is 10.5. The number of rotatable bonds is 3. The number of benzene rings is 2. The molecule has 3 rings (SSSR count). The van der Waals surface area contributed by atoms with Crippen molar-refractivity contribution in [2.45, 2.75) is 6.54 Å². The third-order valence-corrected chi connectivity index (χ3v) is 3.32. The molecule has 0 aliphatic carbocycles. The van der Waals surface area contributed by atoms with Crippen molar-refractivity contribution in [3.05, 3.63) is 75.7 Å². The summed E-state index contributed by atoms with van der Waals surface area (Å²) in [6, 6.07) is 13.5. The Balaban J connectivity index is 1.85. The smallest absolute Gasteiger partial charge is 0.261 e. The zero-order chi connectivity index (χ0) is 14.8. The average Bonchev–Trinajstić information content (AvgIpc) is 2.75. The fourth-order valence-electron chi connectivity index (χ4n) is 2.28. The molecule has 2 aromatic rings. The van der Waals surface area contributed by atoms with Crippen LogP contribution in [0.5, 0.6) is 0 Å². The van der Waals surface area contributed by atoms with E-state index < -0.39 is 0 Å². The summed E-state index contributed by atoms with van der Waals surface area (Å²) in [5.74, 6) is -0.565. The van der Waals surface area contributed by atoms with Crippen molar-refractivity contribution >= 4 is 17.5 Å². The largest absolute Gasteiger partial charge is 0.270 e. The molecule has 0 aromatic heterocycles. The molecule has 0 fully saturated rings. The van der Waals surface area contributed by atoms with Crippen LogP contribution in [0.15, 0.2) is 53.6 Å². The van der Waals surface area contributed by atoms with Crippen molar-refractivity contribution in [2.75, 3.05) is 0 Å². The van der Waals surface area contributed by atoms with Crippen molar-refractivity contribution in [2.24, 2.45) is 5.11 Å². The van der Waals surface area contributed by atoms with Gasteiger partial charge in [0.15, 0.2) is 0 Å². The van der Waals surface area contributed by atoms with Crippen LogP contribution in [-0.2, 0) is 6.54 Å². The lowest BCUT2D eigenvalue weighted by molar-refractivity contribution is 0.0642. The molecule has 0 N–H and O–H groups in total. The number of fused-ring (bicyclic) bond motifs is 1. The van der Waals surface area contributed by atoms with Gasteiger partial charge in [0.2, 0.25) is 0 Å². The third kappa shape index (κ3) is 2.24. The Hall–Kier alpha value is -3.11. The fraction of sp³-hybridized carbons (Fsp3) is 0.0667. The summed E-state index contributed by atoms with van der Waals surface area (Å²) in [5, 5.41) is 3.47. The van der Waals surface area contributed by atoms with Crippen molar-refractivity contribution < 1.29 is 9.59 Å². The van der Waals surface area contributed by atoms with E-state index in [1.807, 2.05) is 0 Å². The molecule has 6 heteroatoms. The van der Waals surface area contributed by atoms with E-state index in [2.05, 4.69) is 10.0 Å². The lowest BCUT2D eigenvalue weighted by Crippen LogP contribution is -2.29. The van der Waals surface area contributed by atoms with Gasteiger partial charge in [0, 0.05) is 10.6 Å². The highest BCUT2D eigenvalue weighted by Gasteiger charge is 2.34. The Bertz CT molecular complexity index is 742. The van der Waals surface area contributed by atoms with Crippen LogP contribution in [0.1, 0.15) is 26.3 Å². The molecule has 1 aliphatic rings. The summed E-state index contributed by atoms with van der Waals surface area (Å²) in [6.45, 7) is 0.197. The van der Waals surface area contributed by atoms with Gasteiger partial charge in [0.05, 0.1) is 17.7 Å². The second-order valence-corrected chi connectivity index (χ2v) is 4.60. The van der Waals surface area contributed by atoms with Crippen LogP contribution in [0.25, 0.3) is 10.4 Å². The number of nitrogens with zero attached hydrogens (tertiary/aromatic N) is 4. The van der Waals surface area contributed by atoms with Gasteiger partial charge in [-0.3, -0.25) is 14.5 Å². The number of amides is 2. The predicted molar refractivity (Wildman–Crippen MR) is 75.9 cm³/mol. The van der Waals surface area contributed by atoms with Crippen LogP contribution in [0.4, 0.5) is 5.69 Å². The highest BCUT2D eigenvalue weighted by atomic mass is 16.2. The normalized spacial score (nSPS) is 13.0. The Kier molecular flexibility index (Phi) is 3.14. The minimum atomic E-state index is -0.283. The first-order chi connectivity index (χ1) is 10.2. The summed E-state index contributed by atoms with van der Waals surface area (Å²) < 4.78 is 0. The van der Waals surface area contributed by atoms with Crippen LogP contribution in [0.2, 0.25) is 0 Å². The van der Waals surface area contributed by atoms with Crippen LogP contribution in [0, 0.1) is 0 Å². The zero-order valence-corrected chi connectivity index (χ0v) is 10.9. The second-order valence-electron chi connectivity index (χ2n) is 4.60. The molecule has 0 saturated carbocycles. The first-order valence-corrected chi connectivity index (χ1v) is 6.30. The Morgan fingerprint density at radius 1 is 0.952 bits per heavy atom. The standard InChI is InChI=1S/C15H10N4O2/c16-18-17-11-7-5-10(6-8-11)9-19-14(20)12-3-1-2-4-13(12)15(19)21/h1-8H,9H2. The van der Waals surface area contributed by atoms with Gasteiger partial charge in [-0.2, -0.15) is 0 Å². The van der Waals surface area contributed by atoms with E-state index >= 15 is 0 Å². The van der Waals surface area contributed by atoms with E-state index in [1.54, 1.807) is 48.5 Å². The van der Waals surface area contributed by atoms with E-state index in [-0.39, 0.29) is 18.4 Å². The maximum atomic E-state index is 12.2. The number of hydrogen-bond acceptors (Lipinski definition) is 3. The van der Waals surface area contributed by atoms with Gasteiger partial charge in [-0.05, 0) is 23.2 Å². The van der Waals surface area contributed by atoms with Crippen LogP contribution in [-0.4, -0.2) is 16.7 Å². The molecule has 6 nitrogen and oxygen atoms in total. The quantitative estimate of drug-likeness (QED) is 0.373. The minimum Gasteiger partial charge on any atom is -0.270 e. The number of carbonyl (C=O) groups is 2. The number of hydrogen-bond donors (Lipinski definition) is 0. The lowest BCUT2D eigenvalue weighted by atomic mass is 10.1. The maximum absolute atomic E-state index is 12.2. The first kappa shape index (κ1) is 12.9. The topological polar surface area (TPSA) is 86.1 Å². The fourth-order valence-corrected chi connectivity index (χ4v) is 2.28. The Labute approximate surface area is 120 Å². The molecule has 0 saturated heterocycles. The summed E-state index contributed by atoms with van der Waals surface area (Å²) in [4.78, 5) is 28.4. The monoisotopic (exact) mass is 278 g/mol. The molecular weight excluding hydrogens is 268 g/mol. The first-order valence-electron chi connectivity index (χ1n) is 6.30. The van der Waals surface area contributed by atoms with Crippen LogP contribution >= 0.6 is 0 Å². The summed E-state index contributed by atoms with van der Waals surface area (Å²) in [7, 11) is 0. The highest BCUT2D eigenvalue weighted by molar-refractivity contribution is 6.21. The van der Waals surface area contributed by atoms with E-state index in [4.69, 9.17) is 5.53 Å². The van der Waals surface area contributed by atoms with Crippen LogP contribution in [0.3, 0.4) is 0 Å².